The van der Waals surface area contributed by atoms with Gasteiger partial charge in [0, 0.05) is 12.1 Å². The number of aliphatic hydroxyl groups is 1. The Labute approximate surface area is 115 Å². The molecular formula is C15H23NO3. The van der Waals surface area contributed by atoms with Crippen LogP contribution in [0, 0.1) is 0 Å². The summed E-state index contributed by atoms with van der Waals surface area (Å²) in [6.07, 6.45) is 0. The summed E-state index contributed by atoms with van der Waals surface area (Å²) in [4.78, 5) is 14.1. The fourth-order valence-corrected chi connectivity index (χ4v) is 1.90. The van der Waals surface area contributed by atoms with Crippen molar-refractivity contribution in [3.63, 3.8) is 0 Å². The molecule has 106 valence electrons. The lowest BCUT2D eigenvalue weighted by Gasteiger charge is -2.27. The van der Waals surface area contributed by atoms with Gasteiger partial charge < -0.3 is 9.84 Å². The Kier molecular flexibility index (Phi) is 5.51. The summed E-state index contributed by atoms with van der Waals surface area (Å²) in [5.41, 5.74) is -0.133. The van der Waals surface area contributed by atoms with Gasteiger partial charge in [0.05, 0.1) is 19.3 Å². The molecule has 0 atom stereocenters. The zero-order valence-electron chi connectivity index (χ0n) is 12.1. The zero-order valence-corrected chi connectivity index (χ0v) is 12.1. The second-order valence-corrected chi connectivity index (χ2v) is 5.27. The Hall–Kier alpha value is -1.39. The van der Waals surface area contributed by atoms with E-state index >= 15 is 0 Å². The van der Waals surface area contributed by atoms with E-state index in [9.17, 15) is 9.90 Å². The van der Waals surface area contributed by atoms with Crippen LogP contribution in [0.3, 0.4) is 0 Å². The number of carbonyl (C=O) groups is 1. The van der Waals surface area contributed by atoms with Crippen molar-refractivity contribution < 1.29 is 14.6 Å². The van der Waals surface area contributed by atoms with E-state index < -0.39 is 5.60 Å². The highest BCUT2D eigenvalue weighted by Crippen LogP contribution is 2.13. The van der Waals surface area contributed by atoms with E-state index in [1.807, 2.05) is 11.8 Å². The standard InChI is InChI=1S/C15H23NO3/c1-5-16(11-15(2,3)18)10-14(17)12-6-8-13(19-4)9-7-12/h6-9,18H,5,10-11H2,1-4H3. The van der Waals surface area contributed by atoms with Crippen LogP contribution in [-0.2, 0) is 0 Å². The number of carbonyl (C=O) groups excluding carboxylic acids is 1. The van der Waals surface area contributed by atoms with Crippen molar-refractivity contribution in [1.29, 1.82) is 0 Å². The maximum atomic E-state index is 12.1. The van der Waals surface area contributed by atoms with Crippen molar-refractivity contribution in [3.8, 4) is 5.75 Å². The van der Waals surface area contributed by atoms with Crippen molar-refractivity contribution in [2.75, 3.05) is 26.7 Å². The van der Waals surface area contributed by atoms with Crippen LogP contribution in [0.1, 0.15) is 31.1 Å². The van der Waals surface area contributed by atoms with Crippen molar-refractivity contribution in [3.05, 3.63) is 29.8 Å². The van der Waals surface area contributed by atoms with E-state index in [0.717, 1.165) is 12.3 Å². The first-order chi connectivity index (χ1) is 8.85. The van der Waals surface area contributed by atoms with E-state index in [1.165, 1.54) is 0 Å². The normalized spacial score (nSPS) is 11.7. The molecule has 0 aromatic heterocycles. The maximum absolute atomic E-state index is 12.1. The Morgan fingerprint density at radius 3 is 2.32 bits per heavy atom. The predicted octanol–water partition coefficient (Wildman–Crippen LogP) is 1.97. The van der Waals surface area contributed by atoms with Gasteiger partial charge in [-0.2, -0.15) is 0 Å². The van der Waals surface area contributed by atoms with E-state index in [1.54, 1.807) is 45.2 Å². The molecule has 0 saturated carbocycles. The average Bonchev–Trinajstić information content (AvgIpc) is 2.36. The largest absolute Gasteiger partial charge is 0.497 e. The molecule has 0 heterocycles. The molecule has 1 rings (SSSR count). The molecule has 0 spiro atoms. The highest BCUT2D eigenvalue weighted by atomic mass is 16.5. The third-order valence-corrected chi connectivity index (χ3v) is 2.84. The molecule has 1 N–H and O–H groups in total. The minimum atomic E-state index is -0.795. The average molecular weight is 265 g/mol. The third-order valence-electron chi connectivity index (χ3n) is 2.84. The van der Waals surface area contributed by atoms with Crippen LogP contribution in [0.2, 0.25) is 0 Å². The van der Waals surface area contributed by atoms with Crippen LogP contribution >= 0.6 is 0 Å². The van der Waals surface area contributed by atoms with Gasteiger partial charge in [-0.1, -0.05) is 6.92 Å². The smallest absolute Gasteiger partial charge is 0.176 e. The SMILES string of the molecule is CCN(CC(=O)c1ccc(OC)cc1)CC(C)(C)O. The number of rotatable bonds is 7. The summed E-state index contributed by atoms with van der Waals surface area (Å²) < 4.78 is 5.06. The topological polar surface area (TPSA) is 49.8 Å². The second-order valence-electron chi connectivity index (χ2n) is 5.27. The van der Waals surface area contributed by atoms with Gasteiger partial charge in [0.2, 0.25) is 0 Å². The van der Waals surface area contributed by atoms with Gasteiger partial charge in [-0.05, 0) is 44.7 Å². The Morgan fingerprint density at radius 1 is 1.32 bits per heavy atom. The molecule has 0 fully saturated rings. The van der Waals surface area contributed by atoms with Crippen LogP contribution in [0.25, 0.3) is 0 Å². The molecule has 0 unspecified atom stereocenters. The maximum Gasteiger partial charge on any atom is 0.176 e. The van der Waals surface area contributed by atoms with Gasteiger partial charge in [-0.25, -0.2) is 0 Å². The number of ether oxygens (including phenoxy) is 1. The fraction of sp³-hybridized carbons (Fsp3) is 0.533. The van der Waals surface area contributed by atoms with Crippen molar-refractivity contribution in [2.45, 2.75) is 26.4 Å². The van der Waals surface area contributed by atoms with Crippen LogP contribution in [-0.4, -0.2) is 48.1 Å². The summed E-state index contributed by atoms with van der Waals surface area (Å²) in [6, 6.07) is 7.08. The van der Waals surface area contributed by atoms with E-state index in [0.29, 0.717) is 18.7 Å². The number of nitrogens with zero attached hydrogens (tertiary/aromatic N) is 1. The molecule has 0 bridgehead atoms. The van der Waals surface area contributed by atoms with Crippen LogP contribution < -0.4 is 4.74 Å². The van der Waals surface area contributed by atoms with Gasteiger partial charge >= 0.3 is 0 Å². The number of hydrogen-bond acceptors (Lipinski definition) is 4. The van der Waals surface area contributed by atoms with Gasteiger partial charge in [0.25, 0.3) is 0 Å². The highest BCUT2D eigenvalue weighted by molar-refractivity contribution is 5.97. The fourth-order valence-electron chi connectivity index (χ4n) is 1.90. The molecule has 1 aromatic rings. The minimum Gasteiger partial charge on any atom is -0.497 e. The number of methoxy groups -OCH3 is 1. The molecule has 0 saturated heterocycles. The number of ketones is 1. The van der Waals surface area contributed by atoms with E-state index in [2.05, 4.69) is 0 Å². The summed E-state index contributed by atoms with van der Waals surface area (Å²) in [6.45, 7) is 6.98. The summed E-state index contributed by atoms with van der Waals surface area (Å²) in [5.74, 6) is 0.786. The molecule has 1 aromatic carbocycles. The van der Waals surface area contributed by atoms with Crippen LogP contribution in [0.15, 0.2) is 24.3 Å². The Balaban J connectivity index is 2.66. The molecule has 0 aliphatic carbocycles. The number of Topliss-reactive ketones (excluding diaryl/α,β-unsaturated/α-hetero) is 1. The van der Waals surface area contributed by atoms with Crippen LogP contribution in [0.5, 0.6) is 5.75 Å². The van der Waals surface area contributed by atoms with Gasteiger partial charge in [-0.15, -0.1) is 0 Å². The van der Waals surface area contributed by atoms with Crippen molar-refractivity contribution in [1.82, 2.24) is 4.90 Å². The van der Waals surface area contributed by atoms with Crippen molar-refractivity contribution in [2.24, 2.45) is 0 Å². The molecule has 0 amide bonds. The Bertz CT molecular complexity index is 406. The van der Waals surface area contributed by atoms with Gasteiger partial charge in [-0.3, -0.25) is 9.69 Å². The number of likely N-dealkylation sites (N-methyl/N-ethyl adjacent to an activating group) is 1. The van der Waals surface area contributed by atoms with Crippen molar-refractivity contribution >= 4 is 5.78 Å². The third kappa shape index (κ3) is 5.41. The molecule has 19 heavy (non-hydrogen) atoms. The van der Waals surface area contributed by atoms with E-state index in [-0.39, 0.29) is 5.78 Å². The highest BCUT2D eigenvalue weighted by Gasteiger charge is 2.19. The Morgan fingerprint density at radius 2 is 1.89 bits per heavy atom. The number of hydrogen-bond donors (Lipinski definition) is 1. The molecular weight excluding hydrogens is 242 g/mol. The predicted molar refractivity (Wildman–Crippen MR) is 75.7 cm³/mol. The van der Waals surface area contributed by atoms with E-state index in [4.69, 9.17) is 4.74 Å². The second kappa shape index (κ2) is 6.68. The summed E-state index contributed by atoms with van der Waals surface area (Å²) >= 11 is 0. The summed E-state index contributed by atoms with van der Waals surface area (Å²) in [5, 5.41) is 9.80. The first-order valence-electron chi connectivity index (χ1n) is 6.47. The molecule has 0 aliphatic heterocycles. The quantitative estimate of drug-likeness (QED) is 0.766. The van der Waals surface area contributed by atoms with Gasteiger partial charge in [0.15, 0.2) is 5.78 Å². The molecule has 4 heteroatoms. The lowest BCUT2D eigenvalue weighted by atomic mass is 10.1. The van der Waals surface area contributed by atoms with Gasteiger partial charge in [0.1, 0.15) is 5.75 Å². The first kappa shape index (κ1) is 15.7. The van der Waals surface area contributed by atoms with Crippen LogP contribution in [0.4, 0.5) is 0 Å². The zero-order chi connectivity index (χ0) is 14.5. The monoisotopic (exact) mass is 265 g/mol. The minimum absolute atomic E-state index is 0.0498. The summed E-state index contributed by atoms with van der Waals surface area (Å²) in [7, 11) is 1.60. The lowest BCUT2D eigenvalue weighted by molar-refractivity contribution is 0.0376. The molecule has 0 aliphatic rings. The number of benzene rings is 1. The lowest BCUT2D eigenvalue weighted by Crippen LogP contribution is -2.41. The molecule has 4 nitrogen and oxygen atoms in total. The first-order valence-corrected chi connectivity index (χ1v) is 6.47. The molecule has 0 radical (unpaired) electrons.